The van der Waals surface area contributed by atoms with Crippen molar-refractivity contribution in [1.29, 1.82) is 0 Å². The molecule has 0 saturated carbocycles. The third-order valence-corrected chi connectivity index (χ3v) is 3.35. The molecule has 5 atom stereocenters. The topological polar surface area (TPSA) is 228 Å². The van der Waals surface area contributed by atoms with E-state index in [1.165, 1.54) is 6.92 Å². The van der Waals surface area contributed by atoms with Gasteiger partial charge in [-0.15, -0.1) is 0 Å². The van der Waals surface area contributed by atoms with E-state index in [0.717, 1.165) is 6.92 Å². The fourth-order valence-corrected chi connectivity index (χ4v) is 1.80. The van der Waals surface area contributed by atoms with Crippen LogP contribution in [-0.4, -0.2) is 87.0 Å². The average molecular weight is 392 g/mol. The van der Waals surface area contributed by atoms with Gasteiger partial charge in [0.15, 0.2) is 6.04 Å². The highest BCUT2D eigenvalue weighted by molar-refractivity contribution is 5.94. The number of amides is 3. The number of aliphatic hydroxyl groups is 2. The molecule has 0 aromatic heterocycles. The van der Waals surface area contributed by atoms with Crippen LogP contribution in [0.3, 0.4) is 0 Å². The van der Waals surface area contributed by atoms with Crippen molar-refractivity contribution in [3.63, 3.8) is 0 Å². The minimum atomic E-state index is -1.60. The maximum Gasteiger partial charge on any atom is 0.328 e. The van der Waals surface area contributed by atoms with E-state index in [1.54, 1.807) is 0 Å². The highest BCUT2D eigenvalue weighted by Crippen LogP contribution is 1.96. The number of hydrogen-bond donors (Lipinski definition) is 8. The van der Waals surface area contributed by atoms with Gasteiger partial charge >= 0.3 is 11.9 Å². The minimum Gasteiger partial charge on any atom is -0.481 e. The molecule has 0 spiro atoms. The highest BCUT2D eigenvalue weighted by atomic mass is 16.4. The lowest BCUT2D eigenvalue weighted by Crippen LogP contribution is -2.58. The van der Waals surface area contributed by atoms with Crippen LogP contribution in [0.5, 0.6) is 0 Å². The number of nitrogens with two attached hydrogens (primary N) is 1. The Labute approximate surface area is 153 Å². The second-order valence-electron chi connectivity index (χ2n) is 5.74. The van der Waals surface area contributed by atoms with E-state index in [1.807, 2.05) is 10.6 Å². The monoisotopic (exact) mass is 392 g/mol. The number of hydrogen-bond acceptors (Lipinski definition) is 8. The molecule has 0 aliphatic heterocycles. The Bertz CT molecular complexity index is 581. The van der Waals surface area contributed by atoms with E-state index in [2.05, 4.69) is 5.32 Å². The number of carboxylic acid groups (broad SMARTS) is 2. The fraction of sp³-hybridized carbons (Fsp3) is 0.643. The van der Waals surface area contributed by atoms with Crippen LogP contribution in [0.1, 0.15) is 20.3 Å². The highest BCUT2D eigenvalue weighted by Gasteiger charge is 2.30. The first-order valence-corrected chi connectivity index (χ1v) is 7.80. The standard InChI is InChI=1S/C14H24N4O9/c1-5(11(23)18-10(6(2)20)14(26)27)16-13(25)8(4-19)17-12(24)7(15)3-9(21)22/h5-8,10,19-20H,3-4,15H2,1-2H3,(H,16,25)(H,17,24)(H,18,23)(H,21,22)(H,26,27). The Morgan fingerprint density at radius 2 is 1.48 bits per heavy atom. The molecule has 0 rings (SSSR count). The summed E-state index contributed by atoms with van der Waals surface area (Å²) in [5, 5.41) is 42.2. The van der Waals surface area contributed by atoms with Crippen LogP contribution < -0.4 is 21.7 Å². The molecule has 27 heavy (non-hydrogen) atoms. The lowest BCUT2D eigenvalue weighted by Gasteiger charge is -2.23. The fourth-order valence-electron chi connectivity index (χ4n) is 1.80. The smallest absolute Gasteiger partial charge is 0.328 e. The second kappa shape index (κ2) is 11.1. The third kappa shape index (κ3) is 8.44. The van der Waals surface area contributed by atoms with Gasteiger partial charge in [-0.2, -0.15) is 0 Å². The summed E-state index contributed by atoms with van der Waals surface area (Å²) in [5.41, 5.74) is 5.33. The predicted octanol–water partition coefficient (Wildman–Crippen LogP) is -4.28. The van der Waals surface area contributed by atoms with Crippen molar-refractivity contribution >= 4 is 29.7 Å². The number of carboxylic acids is 2. The van der Waals surface area contributed by atoms with Gasteiger partial charge < -0.3 is 42.1 Å². The lowest BCUT2D eigenvalue weighted by atomic mass is 10.1. The Morgan fingerprint density at radius 1 is 0.926 bits per heavy atom. The quantitative estimate of drug-likeness (QED) is 0.169. The molecule has 13 nitrogen and oxygen atoms in total. The summed E-state index contributed by atoms with van der Waals surface area (Å²) >= 11 is 0. The first-order valence-electron chi connectivity index (χ1n) is 7.80. The average Bonchev–Trinajstić information content (AvgIpc) is 2.55. The molecule has 9 N–H and O–H groups in total. The van der Waals surface area contributed by atoms with Gasteiger partial charge in [0.2, 0.25) is 17.7 Å². The van der Waals surface area contributed by atoms with Gasteiger partial charge in [0.1, 0.15) is 12.1 Å². The second-order valence-corrected chi connectivity index (χ2v) is 5.74. The number of aliphatic carboxylic acids is 2. The van der Waals surface area contributed by atoms with E-state index < -0.39 is 73.0 Å². The molecule has 0 aliphatic rings. The molecule has 0 heterocycles. The van der Waals surface area contributed by atoms with Crippen LogP contribution in [0.2, 0.25) is 0 Å². The van der Waals surface area contributed by atoms with Crippen molar-refractivity contribution in [1.82, 2.24) is 16.0 Å². The molecule has 0 saturated heterocycles. The SMILES string of the molecule is CC(NC(=O)C(CO)NC(=O)C(N)CC(=O)O)C(=O)NC(C(=O)O)C(C)O. The van der Waals surface area contributed by atoms with Crippen molar-refractivity contribution < 1.29 is 44.4 Å². The Kier molecular flexibility index (Phi) is 9.92. The van der Waals surface area contributed by atoms with E-state index in [4.69, 9.17) is 15.9 Å². The zero-order chi connectivity index (χ0) is 21.3. The molecule has 154 valence electrons. The van der Waals surface area contributed by atoms with E-state index in [0.29, 0.717) is 0 Å². The maximum atomic E-state index is 12.0. The van der Waals surface area contributed by atoms with Crippen molar-refractivity contribution in [3.05, 3.63) is 0 Å². The van der Waals surface area contributed by atoms with Crippen LogP contribution in [0.4, 0.5) is 0 Å². The van der Waals surface area contributed by atoms with Crippen molar-refractivity contribution in [2.45, 2.75) is 50.5 Å². The van der Waals surface area contributed by atoms with E-state index >= 15 is 0 Å². The molecular formula is C14H24N4O9. The number of rotatable bonds is 11. The molecule has 0 aromatic carbocycles. The van der Waals surface area contributed by atoms with Gasteiger partial charge in [0, 0.05) is 0 Å². The molecule has 13 heteroatoms. The molecule has 0 fully saturated rings. The van der Waals surface area contributed by atoms with Gasteiger partial charge in [0.25, 0.3) is 0 Å². The van der Waals surface area contributed by atoms with Crippen molar-refractivity contribution in [2.24, 2.45) is 5.73 Å². The van der Waals surface area contributed by atoms with Crippen molar-refractivity contribution in [3.8, 4) is 0 Å². The summed E-state index contributed by atoms with van der Waals surface area (Å²) in [5.74, 6) is -5.73. The van der Waals surface area contributed by atoms with Crippen LogP contribution >= 0.6 is 0 Å². The van der Waals surface area contributed by atoms with Gasteiger partial charge in [-0.05, 0) is 13.8 Å². The lowest BCUT2D eigenvalue weighted by molar-refractivity contribution is -0.145. The summed E-state index contributed by atoms with van der Waals surface area (Å²) in [6, 6.07) is -5.83. The summed E-state index contributed by atoms with van der Waals surface area (Å²) in [7, 11) is 0. The van der Waals surface area contributed by atoms with E-state index in [-0.39, 0.29) is 0 Å². The van der Waals surface area contributed by atoms with Gasteiger partial charge in [0.05, 0.1) is 25.2 Å². The summed E-state index contributed by atoms with van der Waals surface area (Å²) in [6.45, 7) is 1.50. The first kappa shape index (κ1) is 24.2. The van der Waals surface area contributed by atoms with Crippen LogP contribution in [0, 0.1) is 0 Å². The number of carbonyl (C=O) groups excluding carboxylic acids is 3. The number of carbonyl (C=O) groups is 5. The minimum absolute atomic E-state index is 0.694. The normalized spacial score (nSPS) is 16.2. The van der Waals surface area contributed by atoms with Crippen LogP contribution in [-0.2, 0) is 24.0 Å². The van der Waals surface area contributed by atoms with Gasteiger partial charge in [-0.1, -0.05) is 0 Å². The predicted molar refractivity (Wildman–Crippen MR) is 88.1 cm³/mol. The largest absolute Gasteiger partial charge is 0.481 e. The first-order chi connectivity index (χ1) is 12.4. The van der Waals surface area contributed by atoms with Gasteiger partial charge in [-0.25, -0.2) is 4.79 Å². The van der Waals surface area contributed by atoms with E-state index in [9.17, 15) is 34.2 Å². The Hall–Kier alpha value is -2.77. The molecule has 0 aromatic rings. The van der Waals surface area contributed by atoms with Gasteiger partial charge in [-0.3, -0.25) is 19.2 Å². The number of nitrogens with one attached hydrogen (secondary N) is 3. The van der Waals surface area contributed by atoms with Crippen LogP contribution in [0.15, 0.2) is 0 Å². The van der Waals surface area contributed by atoms with Crippen LogP contribution in [0.25, 0.3) is 0 Å². The summed E-state index contributed by atoms with van der Waals surface area (Å²) in [4.78, 5) is 57.1. The summed E-state index contributed by atoms with van der Waals surface area (Å²) < 4.78 is 0. The molecule has 0 aliphatic carbocycles. The zero-order valence-corrected chi connectivity index (χ0v) is 14.7. The summed E-state index contributed by atoms with van der Waals surface area (Å²) in [6.07, 6.45) is -2.09. The molecule has 3 amide bonds. The molecule has 5 unspecified atom stereocenters. The molecule has 0 radical (unpaired) electrons. The van der Waals surface area contributed by atoms with Crippen molar-refractivity contribution in [2.75, 3.05) is 6.61 Å². The maximum absolute atomic E-state index is 12.0. The zero-order valence-electron chi connectivity index (χ0n) is 14.7. The Morgan fingerprint density at radius 3 is 1.89 bits per heavy atom. The number of aliphatic hydroxyl groups excluding tert-OH is 2. The Balaban J connectivity index is 4.81. The molecular weight excluding hydrogens is 368 g/mol. The molecule has 0 bridgehead atoms. The third-order valence-electron chi connectivity index (χ3n) is 3.35.